The minimum atomic E-state index is -0.488. The lowest BCUT2D eigenvalue weighted by molar-refractivity contribution is 0.101. The highest BCUT2D eigenvalue weighted by Gasteiger charge is 2.17. The Balaban J connectivity index is 1.67. The number of para-hydroxylation sites is 1. The maximum atomic E-state index is 12.6. The minimum absolute atomic E-state index is 0.111. The highest BCUT2D eigenvalue weighted by molar-refractivity contribution is 6.02. The van der Waals surface area contributed by atoms with Crippen LogP contribution in [0.15, 0.2) is 59.4 Å². The van der Waals surface area contributed by atoms with E-state index in [1.165, 1.54) is 17.2 Å². The van der Waals surface area contributed by atoms with Crippen molar-refractivity contribution in [1.29, 1.82) is 0 Å². The lowest BCUT2D eigenvalue weighted by atomic mass is 10.1. The maximum absolute atomic E-state index is 12.6. The Morgan fingerprint density at radius 2 is 1.81 bits per heavy atom. The number of benzene rings is 2. The molecule has 0 saturated heterocycles. The number of carbonyl (C=O) groups is 1. The number of nitrogens with zero attached hydrogens (tertiary/aromatic N) is 2. The standard InChI is InChI=1S/C21H19N3O2/c1-14-12-19(25)20(23-24(14)18-8-3-2-4-9-18)21(26)22-17-11-10-15-6-5-7-16(15)13-17/h2-4,8-13H,5-7H2,1H3,(H,22,26). The summed E-state index contributed by atoms with van der Waals surface area (Å²) >= 11 is 0. The van der Waals surface area contributed by atoms with Crippen molar-refractivity contribution in [2.75, 3.05) is 5.32 Å². The van der Waals surface area contributed by atoms with Crippen LogP contribution in [0.3, 0.4) is 0 Å². The minimum Gasteiger partial charge on any atom is -0.320 e. The third kappa shape index (κ3) is 3.04. The fraction of sp³-hybridized carbons (Fsp3) is 0.190. The summed E-state index contributed by atoms with van der Waals surface area (Å²) in [6.45, 7) is 1.80. The first-order chi connectivity index (χ1) is 12.6. The zero-order chi connectivity index (χ0) is 18.1. The van der Waals surface area contributed by atoms with E-state index in [2.05, 4.69) is 10.4 Å². The van der Waals surface area contributed by atoms with E-state index in [9.17, 15) is 9.59 Å². The van der Waals surface area contributed by atoms with Gasteiger partial charge in [-0.25, -0.2) is 4.68 Å². The van der Waals surface area contributed by atoms with Gasteiger partial charge >= 0.3 is 0 Å². The molecular formula is C21H19N3O2. The monoisotopic (exact) mass is 345 g/mol. The molecule has 0 bridgehead atoms. The van der Waals surface area contributed by atoms with Crippen LogP contribution in [0.2, 0.25) is 0 Å². The van der Waals surface area contributed by atoms with Crippen molar-refractivity contribution >= 4 is 11.6 Å². The SMILES string of the molecule is Cc1cc(=O)c(C(=O)Nc2ccc3c(c2)CCC3)nn1-c1ccccc1. The summed E-state index contributed by atoms with van der Waals surface area (Å²) in [7, 11) is 0. The Kier molecular flexibility index (Phi) is 4.13. The maximum Gasteiger partial charge on any atom is 0.280 e. The van der Waals surface area contributed by atoms with Crippen LogP contribution in [0.5, 0.6) is 0 Å². The number of nitrogens with one attached hydrogen (secondary N) is 1. The molecule has 0 aliphatic heterocycles. The van der Waals surface area contributed by atoms with Crippen LogP contribution in [-0.4, -0.2) is 15.7 Å². The van der Waals surface area contributed by atoms with Gasteiger partial charge in [0.15, 0.2) is 5.69 Å². The van der Waals surface area contributed by atoms with Gasteiger partial charge in [0.1, 0.15) is 0 Å². The number of carbonyl (C=O) groups excluding carboxylic acids is 1. The van der Waals surface area contributed by atoms with Crippen molar-refractivity contribution < 1.29 is 4.79 Å². The van der Waals surface area contributed by atoms with Crippen LogP contribution in [0.4, 0.5) is 5.69 Å². The van der Waals surface area contributed by atoms with Crippen molar-refractivity contribution in [1.82, 2.24) is 9.78 Å². The molecular weight excluding hydrogens is 326 g/mol. The Hall–Kier alpha value is -3.21. The molecule has 2 aromatic carbocycles. The molecule has 0 fully saturated rings. The third-order valence-electron chi connectivity index (χ3n) is 4.68. The zero-order valence-electron chi connectivity index (χ0n) is 14.5. The van der Waals surface area contributed by atoms with Crippen molar-refractivity contribution in [2.24, 2.45) is 0 Å². The summed E-state index contributed by atoms with van der Waals surface area (Å²) in [5.41, 5.74) is 4.29. The zero-order valence-corrected chi connectivity index (χ0v) is 14.5. The fourth-order valence-electron chi connectivity index (χ4n) is 3.38. The number of hydrogen-bond acceptors (Lipinski definition) is 3. The molecule has 0 saturated carbocycles. The number of aryl methyl sites for hydroxylation is 3. The summed E-state index contributed by atoms with van der Waals surface area (Å²) in [4.78, 5) is 24.9. The molecule has 3 aromatic rings. The molecule has 1 aliphatic rings. The molecule has 130 valence electrons. The predicted octanol–water partition coefficient (Wildman–Crippen LogP) is 3.28. The van der Waals surface area contributed by atoms with Crippen LogP contribution in [-0.2, 0) is 12.8 Å². The van der Waals surface area contributed by atoms with Gasteiger partial charge in [-0.1, -0.05) is 24.3 Å². The van der Waals surface area contributed by atoms with Gasteiger partial charge in [-0.3, -0.25) is 9.59 Å². The molecule has 26 heavy (non-hydrogen) atoms. The fourth-order valence-corrected chi connectivity index (χ4v) is 3.38. The number of fused-ring (bicyclic) bond motifs is 1. The summed E-state index contributed by atoms with van der Waals surface area (Å²) in [5, 5.41) is 7.11. The average Bonchev–Trinajstić information content (AvgIpc) is 3.10. The molecule has 4 rings (SSSR count). The molecule has 1 heterocycles. The van der Waals surface area contributed by atoms with Crippen molar-refractivity contribution in [3.63, 3.8) is 0 Å². The molecule has 1 aliphatic carbocycles. The Morgan fingerprint density at radius 1 is 1.04 bits per heavy atom. The first kappa shape index (κ1) is 16.3. The molecule has 0 atom stereocenters. The summed E-state index contributed by atoms with van der Waals surface area (Å²) in [6.07, 6.45) is 3.27. The Bertz CT molecular complexity index is 1040. The lowest BCUT2D eigenvalue weighted by Crippen LogP contribution is -2.26. The van der Waals surface area contributed by atoms with Gasteiger partial charge in [0.05, 0.1) is 5.69 Å². The summed E-state index contributed by atoms with van der Waals surface area (Å²) in [6, 6.07) is 16.8. The Labute approximate surface area is 151 Å². The van der Waals surface area contributed by atoms with Gasteiger partial charge < -0.3 is 5.32 Å². The molecule has 0 unspecified atom stereocenters. The number of anilines is 1. The van der Waals surface area contributed by atoms with E-state index in [1.807, 2.05) is 48.5 Å². The van der Waals surface area contributed by atoms with Gasteiger partial charge in [0.2, 0.25) is 5.43 Å². The molecule has 0 radical (unpaired) electrons. The Morgan fingerprint density at radius 3 is 2.62 bits per heavy atom. The highest BCUT2D eigenvalue weighted by Crippen LogP contribution is 2.25. The van der Waals surface area contributed by atoms with E-state index in [0.29, 0.717) is 11.4 Å². The van der Waals surface area contributed by atoms with E-state index in [0.717, 1.165) is 24.9 Å². The van der Waals surface area contributed by atoms with Gasteiger partial charge in [-0.05, 0) is 61.6 Å². The normalized spacial score (nSPS) is 12.7. The molecule has 1 amide bonds. The smallest absolute Gasteiger partial charge is 0.280 e. The summed E-state index contributed by atoms with van der Waals surface area (Å²) in [5.74, 6) is -0.488. The first-order valence-electron chi connectivity index (χ1n) is 8.71. The van der Waals surface area contributed by atoms with E-state index < -0.39 is 5.91 Å². The van der Waals surface area contributed by atoms with Crippen molar-refractivity contribution in [3.05, 3.63) is 87.3 Å². The second-order valence-electron chi connectivity index (χ2n) is 6.54. The molecule has 1 N–H and O–H groups in total. The van der Waals surface area contributed by atoms with E-state index >= 15 is 0 Å². The van der Waals surface area contributed by atoms with Gasteiger partial charge in [0.25, 0.3) is 5.91 Å². The topological polar surface area (TPSA) is 64.0 Å². The average molecular weight is 345 g/mol. The third-order valence-corrected chi connectivity index (χ3v) is 4.68. The molecule has 5 heteroatoms. The van der Waals surface area contributed by atoms with Crippen LogP contribution in [0.25, 0.3) is 5.69 Å². The van der Waals surface area contributed by atoms with Crippen LogP contribution in [0, 0.1) is 6.92 Å². The van der Waals surface area contributed by atoms with E-state index in [1.54, 1.807) is 11.6 Å². The van der Waals surface area contributed by atoms with Gasteiger partial charge in [-0.15, -0.1) is 0 Å². The predicted molar refractivity (Wildman–Crippen MR) is 101 cm³/mol. The van der Waals surface area contributed by atoms with Crippen LogP contribution >= 0.6 is 0 Å². The van der Waals surface area contributed by atoms with Gasteiger partial charge in [-0.2, -0.15) is 5.10 Å². The van der Waals surface area contributed by atoms with E-state index in [-0.39, 0.29) is 11.1 Å². The quantitative estimate of drug-likeness (QED) is 0.792. The van der Waals surface area contributed by atoms with Crippen molar-refractivity contribution in [2.45, 2.75) is 26.2 Å². The lowest BCUT2D eigenvalue weighted by Gasteiger charge is -2.11. The number of hydrogen-bond donors (Lipinski definition) is 1. The molecule has 0 spiro atoms. The largest absolute Gasteiger partial charge is 0.320 e. The first-order valence-corrected chi connectivity index (χ1v) is 8.71. The number of amides is 1. The van der Waals surface area contributed by atoms with Gasteiger partial charge in [0, 0.05) is 17.4 Å². The number of rotatable bonds is 3. The number of aromatic nitrogens is 2. The summed E-state index contributed by atoms with van der Waals surface area (Å²) < 4.78 is 1.61. The molecule has 5 nitrogen and oxygen atoms in total. The van der Waals surface area contributed by atoms with E-state index in [4.69, 9.17) is 0 Å². The molecule has 1 aromatic heterocycles. The van der Waals surface area contributed by atoms with Crippen LogP contribution in [0.1, 0.15) is 33.7 Å². The highest BCUT2D eigenvalue weighted by atomic mass is 16.2. The second-order valence-corrected chi connectivity index (χ2v) is 6.54. The second kappa shape index (κ2) is 6.59. The van der Waals surface area contributed by atoms with Crippen LogP contribution < -0.4 is 10.7 Å². The van der Waals surface area contributed by atoms with Crippen molar-refractivity contribution in [3.8, 4) is 5.69 Å².